The molecule has 16 heavy (non-hydrogen) atoms. The van der Waals surface area contributed by atoms with E-state index in [-0.39, 0.29) is 0 Å². The molecule has 88 valence electrons. The molecule has 0 saturated heterocycles. The van der Waals surface area contributed by atoms with Gasteiger partial charge in [0.25, 0.3) is 0 Å². The molecule has 1 aromatic heterocycles. The predicted molar refractivity (Wildman–Crippen MR) is 67.7 cm³/mol. The largest absolute Gasteiger partial charge is 0.474 e. The van der Waals surface area contributed by atoms with E-state index in [0.717, 1.165) is 41.2 Å². The maximum atomic E-state index is 5.85. The van der Waals surface area contributed by atoms with Crippen LogP contribution in [-0.2, 0) is 0 Å². The smallest absolute Gasteiger partial charge is 0.216 e. The highest BCUT2D eigenvalue weighted by molar-refractivity contribution is 9.10. The maximum absolute atomic E-state index is 5.85. The Balaban J connectivity index is 1.87. The van der Waals surface area contributed by atoms with Gasteiger partial charge < -0.3 is 10.1 Å². The molecule has 1 fully saturated rings. The number of aryl methyl sites for hydroxylation is 1. The first-order valence-corrected chi connectivity index (χ1v) is 6.41. The lowest BCUT2D eigenvalue weighted by atomic mass is 9.82. The Kier molecular flexibility index (Phi) is 3.82. The lowest BCUT2D eigenvalue weighted by molar-refractivity contribution is 0.0610. The van der Waals surface area contributed by atoms with Crippen LogP contribution in [-0.4, -0.2) is 24.7 Å². The molecule has 1 aromatic rings. The number of nitrogens with one attached hydrogen (secondary N) is 1. The first-order chi connectivity index (χ1) is 7.69. The van der Waals surface area contributed by atoms with Crippen LogP contribution in [0.25, 0.3) is 0 Å². The zero-order chi connectivity index (χ0) is 11.5. The number of hydrogen-bond donors (Lipinski definition) is 1. The third-order valence-electron chi connectivity index (χ3n) is 2.96. The number of rotatable bonds is 4. The highest BCUT2D eigenvalue weighted by Gasteiger charge is 2.30. The summed E-state index contributed by atoms with van der Waals surface area (Å²) in [5, 5.41) is 3.20. The average molecular weight is 285 g/mol. The fourth-order valence-electron chi connectivity index (χ4n) is 2.04. The molecule has 1 aliphatic rings. The van der Waals surface area contributed by atoms with E-state index in [1.807, 2.05) is 20.0 Å². The van der Waals surface area contributed by atoms with Crippen LogP contribution in [0.5, 0.6) is 5.88 Å². The summed E-state index contributed by atoms with van der Waals surface area (Å²) in [7, 11) is 1.99. The number of ether oxygens (including phenoxy) is 1. The standard InChI is InChI=1S/C12H17BrN2O/c1-8-3-10(13)7-15-12(8)16-11-4-9(5-11)6-14-2/h3,7,9,11,14H,4-6H2,1-2H3. The van der Waals surface area contributed by atoms with E-state index in [1.54, 1.807) is 6.20 Å². The van der Waals surface area contributed by atoms with Crippen molar-refractivity contribution in [3.63, 3.8) is 0 Å². The third kappa shape index (κ3) is 2.74. The molecule has 2 rings (SSSR count). The lowest BCUT2D eigenvalue weighted by Gasteiger charge is -2.35. The van der Waals surface area contributed by atoms with E-state index in [0.29, 0.717) is 6.10 Å². The molecular formula is C12H17BrN2O. The predicted octanol–water partition coefficient (Wildman–Crippen LogP) is 2.53. The van der Waals surface area contributed by atoms with Gasteiger partial charge in [-0.05, 0) is 61.3 Å². The highest BCUT2D eigenvalue weighted by Crippen LogP contribution is 2.31. The number of hydrogen-bond acceptors (Lipinski definition) is 3. The van der Waals surface area contributed by atoms with Crippen molar-refractivity contribution in [3.05, 3.63) is 22.3 Å². The molecule has 0 aromatic carbocycles. The van der Waals surface area contributed by atoms with Crippen LogP contribution in [0.15, 0.2) is 16.7 Å². The Morgan fingerprint density at radius 1 is 1.56 bits per heavy atom. The van der Waals surface area contributed by atoms with Gasteiger partial charge in [0.1, 0.15) is 6.10 Å². The van der Waals surface area contributed by atoms with Gasteiger partial charge in [-0.2, -0.15) is 0 Å². The average Bonchev–Trinajstić information content (AvgIpc) is 2.18. The molecular weight excluding hydrogens is 268 g/mol. The molecule has 0 atom stereocenters. The molecule has 1 saturated carbocycles. The van der Waals surface area contributed by atoms with Crippen LogP contribution in [0.2, 0.25) is 0 Å². The van der Waals surface area contributed by atoms with Gasteiger partial charge in [-0.1, -0.05) is 0 Å². The van der Waals surface area contributed by atoms with E-state index in [4.69, 9.17) is 4.74 Å². The minimum atomic E-state index is 0.353. The fraction of sp³-hybridized carbons (Fsp3) is 0.583. The minimum absolute atomic E-state index is 0.353. The quantitative estimate of drug-likeness (QED) is 0.923. The van der Waals surface area contributed by atoms with Crippen molar-refractivity contribution < 1.29 is 4.74 Å². The number of nitrogens with zero attached hydrogens (tertiary/aromatic N) is 1. The van der Waals surface area contributed by atoms with Crippen molar-refractivity contribution in [2.75, 3.05) is 13.6 Å². The number of pyridine rings is 1. The van der Waals surface area contributed by atoms with Crippen molar-refractivity contribution in [3.8, 4) is 5.88 Å². The Hall–Kier alpha value is -0.610. The fourth-order valence-corrected chi connectivity index (χ4v) is 2.48. The summed E-state index contributed by atoms with van der Waals surface area (Å²) in [5.41, 5.74) is 1.09. The van der Waals surface area contributed by atoms with Gasteiger partial charge in [0.15, 0.2) is 0 Å². The van der Waals surface area contributed by atoms with Crippen molar-refractivity contribution in [2.45, 2.75) is 25.9 Å². The summed E-state index contributed by atoms with van der Waals surface area (Å²) in [6, 6.07) is 2.03. The summed E-state index contributed by atoms with van der Waals surface area (Å²) in [5.74, 6) is 1.54. The number of aromatic nitrogens is 1. The molecule has 1 N–H and O–H groups in total. The second kappa shape index (κ2) is 5.15. The molecule has 0 spiro atoms. The number of halogens is 1. The molecule has 1 aliphatic carbocycles. The zero-order valence-corrected chi connectivity index (χ0v) is 11.3. The van der Waals surface area contributed by atoms with Crippen LogP contribution in [0.4, 0.5) is 0 Å². The van der Waals surface area contributed by atoms with Crippen LogP contribution in [0.3, 0.4) is 0 Å². The monoisotopic (exact) mass is 284 g/mol. The molecule has 0 radical (unpaired) electrons. The minimum Gasteiger partial charge on any atom is -0.474 e. The van der Waals surface area contributed by atoms with Crippen molar-refractivity contribution >= 4 is 15.9 Å². The van der Waals surface area contributed by atoms with Gasteiger partial charge >= 0.3 is 0 Å². The normalized spacial score (nSPS) is 23.9. The summed E-state index contributed by atoms with van der Waals surface area (Å²) in [4.78, 5) is 4.29. The third-order valence-corrected chi connectivity index (χ3v) is 3.39. The first kappa shape index (κ1) is 11.9. The van der Waals surface area contributed by atoms with Gasteiger partial charge in [-0.3, -0.25) is 0 Å². The second-order valence-corrected chi connectivity index (χ2v) is 5.33. The second-order valence-electron chi connectivity index (χ2n) is 4.41. The Morgan fingerprint density at radius 2 is 2.31 bits per heavy atom. The van der Waals surface area contributed by atoms with Crippen molar-refractivity contribution in [1.29, 1.82) is 0 Å². The summed E-state index contributed by atoms with van der Waals surface area (Å²) in [6.07, 6.45) is 4.41. The summed E-state index contributed by atoms with van der Waals surface area (Å²) in [6.45, 7) is 3.11. The van der Waals surface area contributed by atoms with E-state index >= 15 is 0 Å². The van der Waals surface area contributed by atoms with Crippen molar-refractivity contribution in [1.82, 2.24) is 10.3 Å². The molecule has 3 nitrogen and oxygen atoms in total. The van der Waals surface area contributed by atoms with E-state index in [1.165, 1.54) is 0 Å². The molecule has 0 bridgehead atoms. The van der Waals surface area contributed by atoms with Gasteiger partial charge in [0.2, 0.25) is 5.88 Å². The van der Waals surface area contributed by atoms with E-state index < -0.39 is 0 Å². The summed E-state index contributed by atoms with van der Waals surface area (Å²) < 4.78 is 6.85. The zero-order valence-electron chi connectivity index (χ0n) is 9.66. The van der Waals surface area contributed by atoms with Gasteiger partial charge in [-0.25, -0.2) is 4.98 Å². The molecule has 4 heteroatoms. The van der Waals surface area contributed by atoms with Gasteiger partial charge in [0.05, 0.1) is 0 Å². The van der Waals surface area contributed by atoms with Gasteiger partial charge in [0, 0.05) is 16.2 Å². The Morgan fingerprint density at radius 3 is 2.94 bits per heavy atom. The molecule has 0 aliphatic heterocycles. The van der Waals surface area contributed by atoms with Gasteiger partial charge in [-0.15, -0.1) is 0 Å². The molecule has 1 heterocycles. The molecule has 0 unspecified atom stereocenters. The van der Waals surface area contributed by atoms with E-state index in [9.17, 15) is 0 Å². The summed E-state index contributed by atoms with van der Waals surface area (Å²) >= 11 is 3.40. The topological polar surface area (TPSA) is 34.1 Å². The van der Waals surface area contributed by atoms with Crippen molar-refractivity contribution in [2.24, 2.45) is 5.92 Å². The lowest BCUT2D eigenvalue weighted by Crippen LogP contribution is -2.38. The Labute approximate surface area is 105 Å². The maximum Gasteiger partial charge on any atom is 0.216 e. The van der Waals surface area contributed by atoms with Crippen LogP contribution < -0.4 is 10.1 Å². The SMILES string of the molecule is CNCC1CC(Oc2ncc(Br)cc2C)C1. The molecule has 0 amide bonds. The van der Waals surface area contributed by atoms with Crippen LogP contribution in [0, 0.1) is 12.8 Å². The van der Waals surface area contributed by atoms with Crippen LogP contribution >= 0.6 is 15.9 Å². The van der Waals surface area contributed by atoms with Crippen LogP contribution in [0.1, 0.15) is 18.4 Å². The Bertz CT molecular complexity index is 364. The van der Waals surface area contributed by atoms with E-state index in [2.05, 4.69) is 26.2 Å². The highest BCUT2D eigenvalue weighted by atomic mass is 79.9. The first-order valence-electron chi connectivity index (χ1n) is 5.62.